The Labute approximate surface area is 278 Å². The number of halogens is 1. The molecule has 2 rings (SSSR count). The maximum Gasteiger partial charge on any atom is 0.248 e. The van der Waals surface area contributed by atoms with Crippen LogP contribution in [0.1, 0.15) is 33.6 Å². The van der Waals surface area contributed by atoms with Crippen LogP contribution in [0.15, 0.2) is 11.6 Å². The quantitative estimate of drug-likeness (QED) is 0.0692. The molecule has 2 fully saturated rings. The average molecular weight is 759 g/mol. The van der Waals surface area contributed by atoms with E-state index in [1.165, 1.54) is 0 Å². The Bertz CT molecular complexity index is 897. The number of quaternary nitrogens is 1. The number of ether oxygens (including phenoxy) is 2. The van der Waals surface area contributed by atoms with Crippen molar-refractivity contribution >= 4 is 30.9 Å². The molecule has 42 heavy (non-hydrogen) atoms. The third kappa shape index (κ3) is 15.1. The molecule has 1 amide bonds. The summed E-state index contributed by atoms with van der Waals surface area (Å²) in [6.07, 6.45) is 3.39. The third-order valence-electron chi connectivity index (χ3n) is 7.24. The van der Waals surface area contributed by atoms with E-state index in [-0.39, 0.29) is 72.4 Å². The average Bonchev–Trinajstić information content (AvgIpc) is 3.51. The molecule has 2 aliphatic rings. The van der Waals surface area contributed by atoms with Gasteiger partial charge in [0.05, 0.1) is 58.3 Å². The molecular formula is C30H63IN2O6Si3. The summed E-state index contributed by atoms with van der Waals surface area (Å²) in [4.78, 5) is 12.6. The van der Waals surface area contributed by atoms with Gasteiger partial charge in [0.2, 0.25) is 5.91 Å². The summed E-state index contributed by atoms with van der Waals surface area (Å²) in [6.45, 7) is 27.8. The Hall–Kier alpha value is 0.351. The van der Waals surface area contributed by atoms with Crippen molar-refractivity contribution in [3.8, 4) is 0 Å². The maximum atomic E-state index is 12.6. The first-order chi connectivity index (χ1) is 18.4. The molecule has 0 aliphatic carbocycles. The van der Waals surface area contributed by atoms with Crippen LogP contribution in [-0.4, -0.2) is 106 Å². The van der Waals surface area contributed by atoms with Gasteiger partial charge in [0.25, 0.3) is 0 Å². The van der Waals surface area contributed by atoms with Gasteiger partial charge in [-0.1, -0.05) is 12.5 Å². The van der Waals surface area contributed by atoms with Crippen LogP contribution in [0.25, 0.3) is 0 Å². The van der Waals surface area contributed by atoms with Crippen LogP contribution < -0.4 is 29.3 Å². The molecule has 0 aromatic carbocycles. The highest BCUT2D eigenvalue weighted by atomic mass is 127. The van der Waals surface area contributed by atoms with Gasteiger partial charge in [-0.25, -0.2) is 0 Å². The molecule has 2 saturated heterocycles. The van der Waals surface area contributed by atoms with E-state index < -0.39 is 25.0 Å². The third-order valence-corrected chi connectivity index (χ3v) is 10.3. The van der Waals surface area contributed by atoms with Crippen LogP contribution in [0, 0.1) is 11.8 Å². The van der Waals surface area contributed by atoms with Crippen LogP contribution in [0.5, 0.6) is 0 Å². The van der Waals surface area contributed by atoms with Gasteiger partial charge in [0.15, 0.2) is 31.6 Å². The van der Waals surface area contributed by atoms with Gasteiger partial charge in [-0.3, -0.25) is 4.79 Å². The fourth-order valence-electron chi connectivity index (χ4n) is 5.42. The first-order valence-electron chi connectivity index (χ1n) is 15.5. The number of rotatable bonds is 15. The summed E-state index contributed by atoms with van der Waals surface area (Å²) in [5.41, 5.74) is 0.985. The highest BCUT2D eigenvalue weighted by molar-refractivity contribution is 6.70. The Balaban J connectivity index is 0.00000882. The Morgan fingerprint density at radius 2 is 1.48 bits per heavy atom. The minimum atomic E-state index is -1.93. The largest absolute Gasteiger partial charge is 1.00 e. The monoisotopic (exact) mass is 758 g/mol. The van der Waals surface area contributed by atoms with Crippen LogP contribution in [0.3, 0.4) is 0 Å². The van der Waals surface area contributed by atoms with Crippen LogP contribution in [0.2, 0.25) is 58.9 Å². The molecule has 0 saturated carbocycles. The zero-order valence-corrected chi connectivity index (χ0v) is 34.5. The molecule has 0 radical (unpaired) electrons. The number of hydrogen-bond donors (Lipinski definition) is 1. The predicted octanol–water partition coefficient (Wildman–Crippen LogP) is 2.60. The highest BCUT2D eigenvalue weighted by Crippen LogP contribution is 2.41. The molecule has 0 unspecified atom stereocenters. The smallest absolute Gasteiger partial charge is 0.248 e. The molecule has 0 aromatic rings. The van der Waals surface area contributed by atoms with Crippen molar-refractivity contribution < 1.29 is 56.0 Å². The van der Waals surface area contributed by atoms with E-state index in [4.69, 9.17) is 22.8 Å². The molecule has 0 spiro atoms. The lowest BCUT2D eigenvalue weighted by Gasteiger charge is -2.47. The predicted molar refractivity (Wildman–Crippen MR) is 175 cm³/mol. The van der Waals surface area contributed by atoms with Crippen molar-refractivity contribution in [3.05, 3.63) is 11.6 Å². The summed E-state index contributed by atoms with van der Waals surface area (Å²) >= 11 is 0. The number of nitrogens with zero attached hydrogens (tertiary/aromatic N) is 1. The first kappa shape index (κ1) is 40.4. The van der Waals surface area contributed by atoms with Gasteiger partial charge in [-0.2, -0.15) is 0 Å². The summed E-state index contributed by atoms with van der Waals surface area (Å²) in [5, 5.41) is 3.00. The van der Waals surface area contributed by atoms with E-state index in [1.54, 1.807) is 6.08 Å². The second kappa shape index (κ2) is 15.8. The molecule has 0 bridgehead atoms. The lowest BCUT2D eigenvalue weighted by molar-refractivity contribution is -0.872. The van der Waals surface area contributed by atoms with Crippen LogP contribution in [-0.2, 0) is 27.5 Å². The standard InChI is InChI=1S/C30H62N2O6Si3.HI/c1-21(17-27(33)31-20-32(4,5)6)16-25-30(38-41(13,14)15)29(37-40(10,11)12)24(19-34-25)18-26-28(35-26)22(2)23(3)36-39(7,8)9;/h17,22-26,28-30H,16,18-20H2,1-15H3;1H/b21-17+;/t22-,23-,24-,25-,26-,28-,29+,30-;/m0./s1. The SMILES string of the molecule is C/C(=C\C(=O)NC[N+](C)(C)C)C[C@@H]1OC[C@H](C[C@@H]2O[C@H]2[C@@H](C)[C@H](C)O[Si](C)(C)C)[C@@H](O[Si](C)(C)C)[C@H]1O[Si](C)(C)C.[I-]. The summed E-state index contributed by atoms with van der Waals surface area (Å²) in [5.74, 6) is 0.456. The van der Waals surface area contributed by atoms with E-state index in [0.717, 1.165) is 12.0 Å². The fourth-order valence-corrected chi connectivity index (χ4v) is 9.00. The van der Waals surface area contributed by atoms with Crippen molar-refractivity contribution in [3.63, 3.8) is 0 Å². The Kier molecular flexibility index (Phi) is 15.2. The lowest BCUT2D eigenvalue weighted by Crippen LogP contribution is -3.00. The van der Waals surface area contributed by atoms with Crippen molar-refractivity contribution in [1.82, 2.24) is 5.32 Å². The van der Waals surface area contributed by atoms with Crippen molar-refractivity contribution in [2.24, 2.45) is 11.8 Å². The normalized spacial score (nSPS) is 29.0. The number of carbonyl (C=O) groups excluding carboxylic acids is 1. The van der Waals surface area contributed by atoms with Gasteiger partial charge in [-0.05, 0) is 85.6 Å². The van der Waals surface area contributed by atoms with E-state index in [1.807, 2.05) is 6.92 Å². The minimum absolute atomic E-state index is 0. The van der Waals surface area contributed by atoms with Gasteiger partial charge in [0.1, 0.15) is 0 Å². The number of epoxide rings is 1. The summed E-state index contributed by atoms with van der Waals surface area (Å²) in [6, 6.07) is 0. The minimum Gasteiger partial charge on any atom is -1.00 e. The van der Waals surface area contributed by atoms with Crippen molar-refractivity contribution in [1.29, 1.82) is 0 Å². The Morgan fingerprint density at radius 3 is 1.98 bits per heavy atom. The fraction of sp³-hybridized carbons (Fsp3) is 0.900. The number of hydrogen-bond acceptors (Lipinski definition) is 6. The maximum absolute atomic E-state index is 12.6. The van der Waals surface area contributed by atoms with Crippen LogP contribution in [0.4, 0.5) is 0 Å². The molecule has 0 aromatic heterocycles. The molecule has 2 aliphatic heterocycles. The van der Waals surface area contributed by atoms with Crippen molar-refractivity contribution in [2.45, 2.75) is 129 Å². The first-order valence-corrected chi connectivity index (χ1v) is 25.7. The van der Waals surface area contributed by atoms with Gasteiger partial charge in [-0.15, -0.1) is 0 Å². The second-order valence-electron chi connectivity index (χ2n) is 16.4. The molecule has 8 nitrogen and oxygen atoms in total. The molecular weight excluding hydrogens is 696 g/mol. The van der Waals surface area contributed by atoms with Crippen LogP contribution >= 0.6 is 0 Å². The van der Waals surface area contributed by atoms with E-state index in [9.17, 15) is 4.79 Å². The van der Waals surface area contributed by atoms with Crippen molar-refractivity contribution in [2.75, 3.05) is 34.4 Å². The van der Waals surface area contributed by atoms with Gasteiger partial charge >= 0.3 is 0 Å². The van der Waals surface area contributed by atoms with E-state index >= 15 is 0 Å². The lowest BCUT2D eigenvalue weighted by atomic mass is 9.85. The van der Waals surface area contributed by atoms with E-state index in [2.05, 4.69) is 99.2 Å². The number of nitrogens with one attached hydrogen (secondary N) is 1. The summed E-state index contributed by atoms with van der Waals surface area (Å²) < 4.78 is 33.7. The molecule has 1 N–H and O–H groups in total. The number of carbonyl (C=O) groups is 1. The van der Waals surface area contributed by atoms with Gasteiger partial charge in [0, 0.05) is 24.0 Å². The topological polar surface area (TPSA) is 78.6 Å². The second-order valence-corrected chi connectivity index (χ2v) is 29.8. The molecule has 2 heterocycles. The molecule has 8 atom stereocenters. The molecule has 248 valence electrons. The Morgan fingerprint density at radius 1 is 0.929 bits per heavy atom. The zero-order valence-electron chi connectivity index (χ0n) is 29.3. The highest BCUT2D eigenvalue weighted by Gasteiger charge is 2.51. The van der Waals surface area contributed by atoms with E-state index in [0.29, 0.717) is 30.1 Å². The zero-order chi connectivity index (χ0) is 31.6. The molecule has 12 heteroatoms. The van der Waals surface area contributed by atoms with Gasteiger partial charge < -0.3 is 56.5 Å². The summed E-state index contributed by atoms with van der Waals surface area (Å²) in [7, 11) is 0.713. The number of amides is 1.